The molecule has 2 aromatic carbocycles. The fourth-order valence-corrected chi connectivity index (χ4v) is 1.69. The summed E-state index contributed by atoms with van der Waals surface area (Å²) in [5, 5.41) is 12.9. The Hall–Kier alpha value is -2.00. The quantitative estimate of drug-likeness (QED) is 0.868. The molecule has 0 aliphatic rings. The monoisotopic (exact) mass is 261 g/mol. The molecule has 0 saturated heterocycles. The highest BCUT2D eigenvalue weighted by molar-refractivity contribution is 6.30. The standard InChI is InChI=1S/C14H12ClNO2/c1-9-2-7-13(17)12(8-9)14(18)16-11-5-3-10(15)4-6-11/h2-8,17H,1H3,(H,16,18). The van der Waals surface area contributed by atoms with Crippen LogP contribution in [0.15, 0.2) is 42.5 Å². The van der Waals surface area contributed by atoms with Crippen LogP contribution in [-0.4, -0.2) is 11.0 Å². The number of hydrogen-bond acceptors (Lipinski definition) is 2. The summed E-state index contributed by atoms with van der Waals surface area (Å²) < 4.78 is 0. The molecule has 0 heterocycles. The number of anilines is 1. The Kier molecular flexibility index (Phi) is 3.53. The van der Waals surface area contributed by atoms with Crippen LogP contribution >= 0.6 is 11.6 Å². The van der Waals surface area contributed by atoms with Crippen molar-refractivity contribution in [1.29, 1.82) is 0 Å². The second-order valence-electron chi connectivity index (χ2n) is 3.98. The van der Waals surface area contributed by atoms with E-state index >= 15 is 0 Å². The van der Waals surface area contributed by atoms with E-state index in [0.29, 0.717) is 10.7 Å². The number of amides is 1. The van der Waals surface area contributed by atoms with E-state index in [1.54, 1.807) is 36.4 Å². The van der Waals surface area contributed by atoms with Crippen molar-refractivity contribution in [2.45, 2.75) is 6.92 Å². The number of phenolic OH excluding ortho intramolecular Hbond substituents is 1. The lowest BCUT2D eigenvalue weighted by molar-refractivity contribution is 0.102. The molecule has 3 nitrogen and oxygen atoms in total. The maximum atomic E-state index is 12.0. The van der Waals surface area contributed by atoms with Gasteiger partial charge in [0.15, 0.2) is 0 Å². The van der Waals surface area contributed by atoms with Crippen molar-refractivity contribution in [2.75, 3.05) is 5.32 Å². The molecule has 2 N–H and O–H groups in total. The highest BCUT2D eigenvalue weighted by Gasteiger charge is 2.11. The summed E-state index contributed by atoms with van der Waals surface area (Å²) in [6.07, 6.45) is 0. The first-order chi connectivity index (χ1) is 8.56. The van der Waals surface area contributed by atoms with Gasteiger partial charge in [-0.05, 0) is 43.3 Å². The summed E-state index contributed by atoms with van der Waals surface area (Å²) in [4.78, 5) is 12.0. The molecule has 4 heteroatoms. The van der Waals surface area contributed by atoms with Crippen molar-refractivity contribution < 1.29 is 9.90 Å². The van der Waals surface area contributed by atoms with E-state index in [1.165, 1.54) is 6.07 Å². The van der Waals surface area contributed by atoms with Crippen LogP contribution in [0.3, 0.4) is 0 Å². The van der Waals surface area contributed by atoms with E-state index < -0.39 is 0 Å². The number of carbonyl (C=O) groups is 1. The molecule has 0 unspecified atom stereocenters. The van der Waals surface area contributed by atoms with Crippen molar-refractivity contribution in [2.24, 2.45) is 0 Å². The zero-order valence-corrected chi connectivity index (χ0v) is 10.5. The van der Waals surface area contributed by atoms with E-state index in [0.717, 1.165) is 5.56 Å². The van der Waals surface area contributed by atoms with Gasteiger partial charge in [-0.2, -0.15) is 0 Å². The van der Waals surface area contributed by atoms with Gasteiger partial charge in [0, 0.05) is 10.7 Å². The number of nitrogens with one attached hydrogen (secondary N) is 1. The lowest BCUT2D eigenvalue weighted by Gasteiger charge is -2.07. The summed E-state index contributed by atoms with van der Waals surface area (Å²) in [5.74, 6) is -0.384. The average Bonchev–Trinajstić information content (AvgIpc) is 2.35. The molecular formula is C14H12ClNO2. The van der Waals surface area contributed by atoms with Crippen LogP contribution in [0.4, 0.5) is 5.69 Å². The van der Waals surface area contributed by atoms with Gasteiger partial charge in [-0.3, -0.25) is 4.79 Å². The SMILES string of the molecule is Cc1ccc(O)c(C(=O)Nc2ccc(Cl)cc2)c1. The first-order valence-corrected chi connectivity index (χ1v) is 5.80. The normalized spacial score (nSPS) is 10.1. The molecule has 2 rings (SSSR count). The summed E-state index contributed by atoms with van der Waals surface area (Å²) in [6, 6.07) is 11.7. The highest BCUT2D eigenvalue weighted by Crippen LogP contribution is 2.20. The van der Waals surface area contributed by atoms with Gasteiger partial charge in [0.25, 0.3) is 5.91 Å². The summed E-state index contributed by atoms with van der Waals surface area (Å²) >= 11 is 5.76. The number of aryl methyl sites for hydroxylation is 1. The lowest BCUT2D eigenvalue weighted by Crippen LogP contribution is -2.12. The Labute approximate surface area is 110 Å². The first kappa shape index (κ1) is 12.5. The maximum absolute atomic E-state index is 12.0. The third-order valence-corrected chi connectivity index (χ3v) is 2.75. The molecule has 0 radical (unpaired) electrons. The molecule has 0 fully saturated rings. The van der Waals surface area contributed by atoms with Crippen molar-refractivity contribution in [3.63, 3.8) is 0 Å². The topological polar surface area (TPSA) is 49.3 Å². The van der Waals surface area contributed by atoms with Crippen molar-refractivity contribution in [3.8, 4) is 5.75 Å². The second-order valence-corrected chi connectivity index (χ2v) is 4.42. The van der Waals surface area contributed by atoms with E-state index in [4.69, 9.17) is 11.6 Å². The minimum Gasteiger partial charge on any atom is -0.507 e. The number of carbonyl (C=O) groups excluding carboxylic acids is 1. The van der Waals surface area contributed by atoms with Gasteiger partial charge in [-0.1, -0.05) is 23.2 Å². The Bertz CT molecular complexity index is 579. The molecule has 0 aliphatic carbocycles. The average molecular weight is 262 g/mol. The summed E-state index contributed by atoms with van der Waals surface area (Å²) in [5.41, 5.74) is 1.80. The fourth-order valence-electron chi connectivity index (χ4n) is 1.56. The van der Waals surface area contributed by atoms with Gasteiger partial charge in [0.05, 0.1) is 5.56 Å². The van der Waals surface area contributed by atoms with Crippen LogP contribution in [0.25, 0.3) is 0 Å². The van der Waals surface area contributed by atoms with Crippen LogP contribution in [0.1, 0.15) is 15.9 Å². The molecule has 18 heavy (non-hydrogen) atoms. The third kappa shape index (κ3) is 2.81. The third-order valence-electron chi connectivity index (χ3n) is 2.50. The molecule has 0 spiro atoms. The first-order valence-electron chi connectivity index (χ1n) is 5.43. The lowest BCUT2D eigenvalue weighted by atomic mass is 10.1. The van der Waals surface area contributed by atoms with Crippen LogP contribution in [-0.2, 0) is 0 Å². The molecule has 0 aromatic heterocycles. The van der Waals surface area contributed by atoms with Gasteiger partial charge < -0.3 is 10.4 Å². The molecule has 0 atom stereocenters. The van der Waals surface area contributed by atoms with Crippen LogP contribution in [0, 0.1) is 6.92 Å². The Balaban J connectivity index is 2.21. The summed E-state index contributed by atoms with van der Waals surface area (Å²) in [7, 11) is 0. The maximum Gasteiger partial charge on any atom is 0.259 e. The molecule has 2 aromatic rings. The van der Waals surface area contributed by atoms with Crippen molar-refractivity contribution >= 4 is 23.2 Å². The molecule has 0 saturated carbocycles. The summed E-state index contributed by atoms with van der Waals surface area (Å²) in [6.45, 7) is 1.86. The second kappa shape index (κ2) is 5.10. The fraction of sp³-hybridized carbons (Fsp3) is 0.0714. The molecule has 92 valence electrons. The molecule has 1 amide bonds. The minimum atomic E-state index is -0.349. The zero-order valence-electron chi connectivity index (χ0n) is 9.77. The number of halogens is 1. The van der Waals surface area contributed by atoms with E-state index in [-0.39, 0.29) is 17.2 Å². The number of hydrogen-bond donors (Lipinski definition) is 2. The van der Waals surface area contributed by atoms with Crippen molar-refractivity contribution in [1.82, 2.24) is 0 Å². The van der Waals surface area contributed by atoms with Gasteiger partial charge in [-0.15, -0.1) is 0 Å². The van der Waals surface area contributed by atoms with E-state index in [2.05, 4.69) is 5.32 Å². The van der Waals surface area contributed by atoms with Gasteiger partial charge in [0.1, 0.15) is 5.75 Å². The van der Waals surface area contributed by atoms with E-state index in [1.807, 2.05) is 6.92 Å². The number of benzene rings is 2. The Morgan fingerprint density at radius 1 is 1.17 bits per heavy atom. The largest absolute Gasteiger partial charge is 0.507 e. The van der Waals surface area contributed by atoms with Crippen molar-refractivity contribution in [3.05, 3.63) is 58.6 Å². The van der Waals surface area contributed by atoms with Gasteiger partial charge in [0.2, 0.25) is 0 Å². The van der Waals surface area contributed by atoms with Gasteiger partial charge >= 0.3 is 0 Å². The van der Waals surface area contributed by atoms with Gasteiger partial charge in [-0.25, -0.2) is 0 Å². The Morgan fingerprint density at radius 3 is 2.50 bits per heavy atom. The smallest absolute Gasteiger partial charge is 0.259 e. The predicted octanol–water partition coefficient (Wildman–Crippen LogP) is 3.61. The molecule has 0 bridgehead atoms. The number of phenols is 1. The minimum absolute atomic E-state index is 0.0351. The van der Waals surface area contributed by atoms with Crippen LogP contribution in [0.2, 0.25) is 5.02 Å². The number of rotatable bonds is 2. The van der Waals surface area contributed by atoms with Crippen LogP contribution < -0.4 is 5.32 Å². The predicted molar refractivity (Wildman–Crippen MR) is 72.2 cm³/mol. The highest BCUT2D eigenvalue weighted by atomic mass is 35.5. The Morgan fingerprint density at radius 2 is 1.83 bits per heavy atom. The number of aromatic hydroxyl groups is 1. The van der Waals surface area contributed by atoms with Crippen LogP contribution in [0.5, 0.6) is 5.75 Å². The molecular weight excluding hydrogens is 250 g/mol. The van der Waals surface area contributed by atoms with E-state index in [9.17, 15) is 9.90 Å². The zero-order chi connectivity index (χ0) is 13.1. The molecule has 0 aliphatic heterocycles.